The Morgan fingerprint density at radius 3 is 0.744 bits per heavy atom. The number of halogens is 26. The monoisotopic (exact) mass is 714 g/mol. The summed E-state index contributed by atoms with van der Waals surface area (Å²) in [6.07, 6.45) is -33.3. The van der Waals surface area contributed by atoms with Crippen LogP contribution in [-0.4, -0.2) is 98.8 Å². The fourth-order valence-electron chi connectivity index (χ4n) is 2.78. The van der Waals surface area contributed by atoms with E-state index in [0.29, 0.717) is 0 Å². The third-order valence-electron chi connectivity index (χ3n) is 5.27. The van der Waals surface area contributed by atoms with Crippen molar-refractivity contribution in [2.75, 3.05) is 0 Å². The Morgan fingerprint density at radius 1 is 0.302 bits per heavy atom. The van der Waals surface area contributed by atoms with Crippen molar-refractivity contribution in [3.05, 3.63) is 0 Å². The second-order valence-electron chi connectivity index (χ2n) is 7.90. The van der Waals surface area contributed by atoms with E-state index < -0.39 is 83.5 Å². The average molecular weight is 714 g/mol. The van der Waals surface area contributed by atoms with Gasteiger partial charge in [0.2, 0.25) is 0 Å². The van der Waals surface area contributed by atoms with Gasteiger partial charge in [-0.3, -0.25) is 0 Å². The first kappa shape index (κ1) is 41.1. The van der Waals surface area contributed by atoms with Gasteiger partial charge in [-0.1, -0.05) is 0 Å². The predicted octanol–water partition coefficient (Wildman–Crippen LogP) is 6.51. The Hall–Kier alpha value is -1.94. The first-order valence-electron chi connectivity index (χ1n) is 8.93. The van der Waals surface area contributed by atoms with Crippen LogP contribution < -0.4 is 0 Å². The molecule has 43 heavy (non-hydrogen) atoms. The molecule has 0 aliphatic carbocycles. The van der Waals surface area contributed by atoms with Gasteiger partial charge in [0.1, 0.15) is 0 Å². The van der Waals surface area contributed by atoms with E-state index in [1.54, 1.807) is 0 Å². The highest BCUT2D eigenvalue weighted by atomic mass is 19.4. The molecule has 5 atom stereocenters. The maximum Gasteiger partial charge on any atom is 0.460 e. The summed E-state index contributed by atoms with van der Waals surface area (Å²) < 4.78 is 345. The molecular formula is C14H4F26O3. The summed E-state index contributed by atoms with van der Waals surface area (Å²) in [7, 11) is 0. The van der Waals surface area contributed by atoms with Crippen molar-refractivity contribution in [2.45, 2.75) is 83.5 Å². The number of rotatable bonds is 10. The van der Waals surface area contributed by atoms with Gasteiger partial charge in [0.25, 0.3) is 0 Å². The molecule has 0 rings (SSSR count). The van der Waals surface area contributed by atoms with Gasteiger partial charge in [-0.2, -0.15) is 87.8 Å². The Kier molecular flexibility index (Phi) is 9.34. The molecule has 0 aliphatic rings. The van der Waals surface area contributed by atoms with Gasteiger partial charge in [0.15, 0.2) is 0 Å². The van der Waals surface area contributed by atoms with Crippen molar-refractivity contribution in [1.82, 2.24) is 0 Å². The zero-order valence-corrected chi connectivity index (χ0v) is 18.2. The van der Waals surface area contributed by atoms with Gasteiger partial charge < -0.3 is 15.3 Å². The topological polar surface area (TPSA) is 60.7 Å². The smallest absolute Gasteiger partial charge is 0.354 e. The van der Waals surface area contributed by atoms with Crippen molar-refractivity contribution in [3.8, 4) is 0 Å². The third-order valence-corrected chi connectivity index (χ3v) is 5.27. The van der Waals surface area contributed by atoms with Crippen LogP contribution >= 0.6 is 0 Å². The van der Waals surface area contributed by atoms with Gasteiger partial charge >= 0.3 is 83.5 Å². The minimum atomic E-state index is -10.0. The number of hydrogen-bond donors (Lipinski definition) is 3. The lowest BCUT2D eigenvalue weighted by atomic mass is 9.71. The van der Waals surface area contributed by atoms with Gasteiger partial charge in [0, 0.05) is 0 Å². The summed E-state index contributed by atoms with van der Waals surface area (Å²) >= 11 is 0. The molecular weight excluding hydrogens is 710 g/mol. The van der Waals surface area contributed by atoms with Crippen LogP contribution in [0, 0.1) is 0 Å². The van der Waals surface area contributed by atoms with Crippen molar-refractivity contribution in [1.29, 1.82) is 0 Å². The highest BCUT2D eigenvalue weighted by Crippen LogP contribution is 2.69. The van der Waals surface area contributed by atoms with E-state index in [2.05, 4.69) is 0 Å². The molecule has 0 aromatic heterocycles. The highest BCUT2D eigenvalue weighted by molar-refractivity contribution is 5.27. The lowest BCUT2D eigenvalue weighted by Gasteiger charge is -2.52. The average Bonchev–Trinajstić information content (AvgIpc) is 2.73. The van der Waals surface area contributed by atoms with E-state index in [0.717, 1.165) is 0 Å². The molecule has 0 radical (unpaired) electrons. The van der Waals surface area contributed by atoms with Crippen LogP contribution in [0.2, 0.25) is 0 Å². The zero-order valence-electron chi connectivity index (χ0n) is 18.2. The number of hydrogen-bond acceptors (Lipinski definition) is 3. The molecule has 0 bridgehead atoms. The maximum absolute atomic E-state index is 14.5. The Morgan fingerprint density at radius 2 is 0.535 bits per heavy atom. The van der Waals surface area contributed by atoms with Crippen LogP contribution in [0.25, 0.3) is 0 Å². The lowest BCUT2D eigenvalue weighted by molar-refractivity contribution is -0.517. The minimum absolute atomic E-state index is 6.42. The molecule has 0 aliphatic heterocycles. The quantitative estimate of drug-likeness (QED) is 0.227. The molecule has 3 N–H and O–H groups in total. The maximum atomic E-state index is 14.5. The van der Waals surface area contributed by atoms with Crippen LogP contribution in [0.4, 0.5) is 114 Å². The molecule has 260 valence electrons. The van der Waals surface area contributed by atoms with Crippen LogP contribution in [0.3, 0.4) is 0 Å². The van der Waals surface area contributed by atoms with Crippen LogP contribution in [0.1, 0.15) is 0 Å². The van der Waals surface area contributed by atoms with Gasteiger partial charge in [-0.15, -0.1) is 0 Å². The van der Waals surface area contributed by atoms with Crippen molar-refractivity contribution in [3.63, 3.8) is 0 Å². The molecule has 0 amide bonds. The van der Waals surface area contributed by atoms with E-state index in [4.69, 9.17) is 15.3 Å². The fourth-order valence-corrected chi connectivity index (χ4v) is 2.78. The van der Waals surface area contributed by atoms with E-state index >= 15 is 0 Å². The molecule has 29 heteroatoms. The molecule has 0 heterocycles. The van der Waals surface area contributed by atoms with Crippen LogP contribution in [0.5, 0.6) is 0 Å². The fraction of sp³-hybridized carbons (Fsp3) is 1.00. The second kappa shape index (κ2) is 9.78. The molecule has 5 unspecified atom stereocenters. The first-order valence-corrected chi connectivity index (χ1v) is 8.93. The largest absolute Gasteiger partial charge is 0.460 e. The first-order chi connectivity index (χ1) is 17.9. The molecule has 0 saturated carbocycles. The molecule has 3 nitrogen and oxygen atoms in total. The molecule has 0 spiro atoms. The SMILES string of the molecule is OC(F)(C(F)(F)C(F)F)C(F)(F)C(F)(C(F)(F)F)C(O)(F)C(F)(F)C(F)(C(F)(F)F)C(O)(F)C(F)(F)C(F)(F)C(F)(F)F. The van der Waals surface area contributed by atoms with E-state index in [1.807, 2.05) is 0 Å². The van der Waals surface area contributed by atoms with E-state index in [9.17, 15) is 114 Å². The van der Waals surface area contributed by atoms with E-state index in [-0.39, 0.29) is 0 Å². The summed E-state index contributed by atoms with van der Waals surface area (Å²) in [5.74, 6) is -73.7. The van der Waals surface area contributed by atoms with Gasteiger partial charge in [-0.05, 0) is 0 Å². The number of aliphatic hydroxyl groups is 3. The Bertz CT molecular complexity index is 1020. The van der Waals surface area contributed by atoms with Gasteiger partial charge in [0.05, 0.1) is 0 Å². The van der Waals surface area contributed by atoms with Gasteiger partial charge in [-0.25, -0.2) is 26.3 Å². The summed E-state index contributed by atoms with van der Waals surface area (Å²) in [4.78, 5) is 0. The summed E-state index contributed by atoms with van der Waals surface area (Å²) in [5, 5.41) is 25.1. The Balaban J connectivity index is 8.34. The molecule has 0 saturated heterocycles. The van der Waals surface area contributed by atoms with E-state index in [1.165, 1.54) is 0 Å². The molecule has 0 aromatic carbocycles. The third kappa shape index (κ3) is 4.62. The molecule has 0 aromatic rings. The highest BCUT2D eigenvalue weighted by Gasteiger charge is 3.03. The van der Waals surface area contributed by atoms with Crippen molar-refractivity contribution in [2.24, 2.45) is 0 Å². The van der Waals surface area contributed by atoms with Crippen molar-refractivity contribution >= 4 is 0 Å². The standard InChI is InChI=1S/C14H4F26O3/c15-1(16)2(17,18)9(29,41)5(21,22)3(19,12(32,33)34)10(30,42)6(23,24)4(20,13(35,36)37)11(31,43)7(25,26)8(27,28)14(38,39)40/h1,41-43H. The van der Waals surface area contributed by atoms with Crippen molar-refractivity contribution < 1.29 is 129 Å². The second-order valence-corrected chi connectivity index (χ2v) is 7.90. The van der Waals surface area contributed by atoms with Crippen LogP contribution in [0.15, 0.2) is 0 Å². The number of alkyl halides is 26. The zero-order chi connectivity index (χ0) is 36.1. The van der Waals surface area contributed by atoms with Crippen LogP contribution in [-0.2, 0) is 0 Å². The normalized spacial score (nSPS) is 22.7. The summed E-state index contributed by atoms with van der Waals surface area (Å²) in [5.41, 5.74) is -19.8. The lowest BCUT2D eigenvalue weighted by Crippen LogP contribution is -2.86. The Labute approximate surface area is 214 Å². The summed E-state index contributed by atoms with van der Waals surface area (Å²) in [6, 6.07) is 0. The molecule has 0 fully saturated rings. The summed E-state index contributed by atoms with van der Waals surface area (Å²) in [6.45, 7) is 0. The predicted molar refractivity (Wildman–Crippen MR) is 74.8 cm³/mol. The minimum Gasteiger partial charge on any atom is -0.354 e.